The number of hydrogen-bond acceptors (Lipinski definition) is 4. The molecule has 0 radical (unpaired) electrons. The summed E-state index contributed by atoms with van der Waals surface area (Å²) in [7, 11) is 0. The molecule has 5 nitrogen and oxygen atoms in total. The van der Waals surface area contributed by atoms with E-state index in [0.717, 1.165) is 12.0 Å². The summed E-state index contributed by atoms with van der Waals surface area (Å²) in [6.07, 6.45) is 0.846. The molecule has 1 aliphatic heterocycles. The van der Waals surface area contributed by atoms with Gasteiger partial charge in [-0.1, -0.05) is 30.7 Å². The van der Waals surface area contributed by atoms with E-state index in [-0.39, 0.29) is 23.6 Å². The summed E-state index contributed by atoms with van der Waals surface area (Å²) in [5.74, 6) is 1.41. The number of nitrogens with one attached hydrogen (secondary N) is 1. The van der Waals surface area contributed by atoms with Gasteiger partial charge in [0.1, 0.15) is 11.8 Å². The zero-order chi connectivity index (χ0) is 18.7. The standard InChI is InChI=1S/C19H21ClN2O3S/c1-3-12(2)21-18(23)15-10-26-11-22(15)19(24)17-9-8-16(25-17)13-6-4-5-7-14(13)20/h4-9,12,15H,3,10-11H2,1-2H3,(H,21,23)/t12-,15+/m1/s1. The molecule has 1 aromatic heterocycles. The average molecular weight is 393 g/mol. The van der Waals surface area contributed by atoms with E-state index in [2.05, 4.69) is 5.32 Å². The predicted molar refractivity (Wildman–Crippen MR) is 104 cm³/mol. The second-order valence-electron chi connectivity index (χ2n) is 6.25. The van der Waals surface area contributed by atoms with Crippen molar-refractivity contribution < 1.29 is 14.0 Å². The number of amides is 2. The molecule has 3 rings (SSSR count). The van der Waals surface area contributed by atoms with Gasteiger partial charge in [-0.05, 0) is 37.6 Å². The lowest BCUT2D eigenvalue weighted by atomic mass is 10.2. The van der Waals surface area contributed by atoms with E-state index in [1.807, 2.05) is 32.0 Å². The van der Waals surface area contributed by atoms with Crippen LogP contribution >= 0.6 is 23.4 Å². The van der Waals surface area contributed by atoms with Crippen molar-refractivity contribution in [1.82, 2.24) is 10.2 Å². The first-order valence-corrected chi connectivity index (χ1v) is 10.1. The van der Waals surface area contributed by atoms with E-state index >= 15 is 0 Å². The molecule has 2 atom stereocenters. The van der Waals surface area contributed by atoms with Crippen LogP contribution in [0.5, 0.6) is 0 Å². The van der Waals surface area contributed by atoms with Crippen molar-refractivity contribution in [3.63, 3.8) is 0 Å². The topological polar surface area (TPSA) is 62.6 Å². The Morgan fingerprint density at radius 3 is 2.85 bits per heavy atom. The first-order valence-electron chi connectivity index (χ1n) is 8.55. The lowest BCUT2D eigenvalue weighted by Gasteiger charge is -2.23. The molecular formula is C19H21ClN2O3S. The van der Waals surface area contributed by atoms with E-state index in [9.17, 15) is 9.59 Å². The Kier molecular flexibility index (Phi) is 5.94. The van der Waals surface area contributed by atoms with E-state index in [0.29, 0.717) is 22.4 Å². The van der Waals surface area contributed by atoms with Crippen molar-refractivity contribution >= 4 is 35.2 Å². The van der Waals surface area contributed by atoms with Crippen LogP contribution in [0.25, 0.3) is 11.3 Å². The molecule has 0 bridgehead atoms. The highest BCUT2D eigenvalue weighted by molar-refractivity contribution is 7.99. The van der Waals surface area contributed by atoms with Crippen molar-refractivity contribution in [2.45, 2.75) is 32.4 Å². The van der Waals surface area contributed by atoms with Crippen LogP contribution in [-0.2, 0) is 4.79 Å². The Labute approximate surface area is 162 Å². The van der Waals surface area contributed by atoms with Crippen molar-refractivity contribution in [2.24, 2.45) is 0 Å². The molecule has 0 saturated carbocycles. The molecule has 138 valence electrons. The van der Waals surface area contributed by atoms with Gasteiger partial charge in [0.25, 0.3) is 5.91 Å². The highest BCUT2D eigenvalue weighted by Gasteiger charge is 2.36. The molecule has 1 N–H and O–H groups in total. The molecule has 0 unspecified atom stereocenters. The summed E-state index contributed by atoms with van der Waals surface area (Å²) in [5, 5.41) is 3.51. The van der Waals surface area contributed by atoms with Crippen LogP contribution in [0.15, 0.2) is 40.8 Å². The molecule has 2 heterocycles. The second kappa shape index (κ2) is 8.18. The molecular weight excluding hydrogens is 372 g/mol. The summed E-state index contributed by atoms with van der Waals surface area (Å²) in [4.78, 5) is 26.9. The third-order valence-electron chi connectivity index (χ3n) is 4.40. The molecule has 1 aromatic carbocycles. The second-order valence-corrected chi connectivity index (χ2v) is 7.66. The summed E-state index contributed by atoms with van der Waals surface area (Å²) < 4.78 is 5.74. The fourth-order valence-corrected chi connectivity index (χ4v) is 4.08. The van der Waals surface area contributed by atoms with Gasteiger partial charge in [-0.25, -0.2) is 0 Å². The highest BCUT2D eigenvalue weighted by atomic mass is 35.5. The van der Waals surface area contributed by atoms with Crippen molar-refractivity contribution in [3.8, 4) is 11.3 Å². The number of halogens is 1. The van der Waals surface area contributed by atoms with Crippen LogP contribution in [0.3, 0.4) is 0 Å². The minimum absolute atomic E-state index is 0.0838. The van der Waals surface area contributed by atoms with E-state index in [1.54, 1.807) is 34.9 Å². The molecule has 26 heavy (non-hydrogen) atoms. The SMILES string of the molecule is CC[C@@H](C)NC(=O)[C@@H]1CSCN1C(=O)c1ccc(-c2ccccc2Cl)o1. The third kappa shape index (κ3) is 3.91. The Bertz CT molecular complexity index is 808. The lowest BCUT2D eigenvalue weighted by Crippen LogP contribution is -2.49. The normalized spacial score (nSPS) is 18.0. The van der Waals surface area contributed by atoms with Gasteiger partial charge in [0.2, 0.25) is 5.91 Å². The molecule has 1 fully saturated rings. The van der Waals surface area contributed by atoms with Crippen LogP contribution in [0.4, 0.5) is 0 Å². The van der Waals surface area contributed by atoms with Crippen molar-refractivity contribution in [1.29, 1.82) is 0 Å². The maximum atomic E-state index is 12.9. The Hall–Kier alpha value is -1.92. The zero-order valence-corrected chi connectivity index (χ0v) is 16.3. The molecule has 1 aliphatic rings. The summed E-state index contributed by atoms with van der Waals surface area (Å²) in [5.41, 5.74) is 0.732. The van der Waals surface area contributed by atoms with Gasteiger partial charge in [0.15, 0.2) is 5.76 Å². The van der Waals surface area contributed by atoms with Gasteiger partial charge in [-0.15, -0.1) is 11.8 Å². The largest absolute Gasteiger partial charge is 0.451 e. The molecule has 2 aromatic rings. The molecule has 2 amide bonds. The van der Waals surface area contributed by atoms with Crippen molar-refractivity contribution in [2.75, 3.05) is 11.6 Å². The fourth-order valence-electron chi connectivity index (χ4n) is 2.70. The number of nitrogens with zero attached hydrogens (tertiary/aromatic N) is 1. The van der Waals surface area contributed by atoms with Gasteiger partial charge in [-0.3, -0.25) is 9.59 Å². The monoisotopic (exact) mass is 392 g/mol. The van der Waals surface area contributed by atoms with Gasteiger partial charge < -0.3 is 14.6 Å². The summed E-state index contributed by atoms with van der Waals surface area (Å²) in [6, 6.07) is 10.3. The zero-order valence-electron chi connectivity index (χ0n) is 14.7. The number of benzene rings is 1. The first-order chi connectivity index (χ1) is 12.5. The summed E-state index contributed by atoms with van der Waals surface area (Å²) in [6.45, 7) is 3.96. The van der Waals surface area contributed by atoms with Gasteiger partial charge in [0, 0.05) is 17.4 Å². The number of furan rings is 1. The van der Waals surface area contributed by atoms with E-state index in [4.69, 9.17) is 16.0 Å². The van der Waals surface area contributed by atoms with E-state index in [1.165, 1.54) is 0 Å². The van der Waals surface area contributed by atoms with Gasteiger partial charge >= 0.3 is 0 Å². The number of hydrogen-bond donors (Lipinski definition) is 1. The number of carbonyl (C=O) groups is 2. The fraction of sp³-hybridized carbons (Fsp3) is 0.368. The van der Waals surface area contributed by atoms with Crippen LogP contribution in [0.2, 0.25) is 5.02 Å². The number of rotatable bonds is 5. The maximum absolute atomic E-state index is 12.9. The predicted octanol–water partition coefficient (Wildman–Crippen LogP) is 4.03. The lowest BCUT2D eigenvalue weighted by molar-refractivity contribution is -0.125. The molecule has 7 heteroatoms. The van der Waals surface area contributed by atoms with Crippen LogP contribution in [0, 0.1) is 0 Å². The highest BCUT2D eigenvalue weighted by Crippen LogP contribution is 2.30. The quantitative estimate of drug-likeness (QED) is 0.834. The van der Waals surface area contributed by atoms with Crippen LogP contribution in [-0.4, -0.2) is 40.4 Å². The molecule has 1 saturated heterocycles. The van der Waals surface area contributed by atoms with Gasteiger partial charge in [0.05, 0.1) is 10.9 Å². The molecule has 0 spiro atoms. The Morgan fingerprint density at radius 1 is 1.35 bits per heavy atom. The minimum Gasteiger partial charge on any atom is -0.451 e. The van der Waals surface area contributed by atoms with Crippen molar-refractivity contribution in [3.05, 3.63) is 47.2 Å². The minimum atomic E-state index is -0.477. The smallest absolute Gasteiger partial charge is 0.290 e. The van der Waals surface area contributed by atoms with Crippen LogP contribution in [0.1, 0.15) is 30.8 Å². The number of carbonyl (C=O) groups excluding carboxylic acids is 2. The average Bonchev–Trinajstić information content (AvgIpc) is 3.31. The van der Waals surface area contributed by atoms with Gasteiger partial charge in [-0.2, -0.15) is 0 Å². The summed E-state index contributed by atoms with van der Waals surface area (Å²) >= 11 is 7.75. The Morgan fingerprint density at radius 2 is 2.12 bits per heavy atom. The van der Waals surface area contributed by atoms with E-state index < -0.39 is 6.04 Å². The molecule has 0 aliphatic carbocycles. The van der Waals surface area contributed by atoms with Crippen LogP contribution < -0.4 is 5.32 Å². The maximum Gasteiger partial charge on any atom is 0.290 e. The Balaban J connectivity index is 1.77. The third-order valence-corrected chi connectivity index (χ3v) is 5.74. The number of thioether (sulfide) groups is 1. The first kappa shape index (κ1) is 18.9.